The van der Waals surface area contributed by atoms with Gasteiger partial charge in [0.2, 0.25) is 10.0 Å². The smallest absolute Gasteiger partial charge is 0.250 e. The third-order valence-electron chi connectivity index (χ3n) is 3.28. The molecular formula is C16H15BrN2O3S2. The summed E-state index contributed by atoms with van der Waals surface area (Å²) in [7, 11) is -3.45. The van der Waals surface area contributed by atoms with Crippen molar-refractivity contribution in [2.24, 2.45) is 0 Å². The highest BCUT2D eigenvalue weighted by atomic mass is 79.9. The first-order chi connectivity index (χ1) is 11.6. The lowest BCUT2D eigenvalue weighted by Crippen LogP contribution is -2.25. The van der Waals surface area contributed by atoms with Gasteiger partial charge in [0.1, 0.15) is 15.5 Å². The molecule has 8 heteroatoms. The molecule has 0 aliphatic carbocycles. The maximum Gasteiger partial charge on any atom is 0.250 e. The van der Waals surface area contributed by atoms with Gasteiger partial charge in [-0.05, 0) is 46.6 Å². The van der Waals surface area contributed by atoms with Crippen LogP contribution in [0.2, 0.25) is 0 Å². The van der Waals surface area contributed by atoms with E-state index in [4.69, 9.17) is 4.74 Å². The molecule has 1 aromatic carbocycles. The molecule has 1 N–H and O–H groups in total. The number of hydrogen-bond acceptors (Lipinski definition) is 5. The molecule has 0 unspecified atom stereocenters. The number of thiophene rings is 1. The van der Waals surface area contributed by atoms with E-state index < -0.39 is 10.0 Å². The fourth-order valence-corrected chi connectivity index (χ4v) is 5.30. The Balaban J connectivity index is 1.52. The summed E-state index contributed by atoms with van der Waals surface area (Å²) in [6.07, 6.45) is 2.29. The fraction of sp³-hybridized carbons (Fsp3) is 0.188. The van der Waals surface area contributed by atoms with Gasteiger partial charge >= 0.3 is 0 Å². The van der Waals surface area contributed by atoms with E-state index in [1.807, 2.05) is 30.3 Å². The Morgan fingerprint density at radius 1 is 1.17 bits per heavy atom. The number of aromatic nitrogens is 1. The average Bonchev–Trinajstić information content (AvgIpc) is 3.02. The van der Waals surface area contributed by atoms with E-state index in [2.05, 4.69) is 25.6 Å². The number of para-hydroxylation sites is 1. The summed E-state index contributed by atoms with van der Waals surface area (Å²) < 4.78 is 33.6. The van der Waals surface area contributed by atoms with Gasteiger partial charge in [-0.2, -0.15) is 0 Å². The molecule has 0 aliphatic heterocycles. The second-order valence-electron chi connectivity index (χ2n) is 4.99. The Labute approximate surface area is 152 Å². The number of pyridine rings is 1. The molecule has 24 heavy (non-hydrogen) atoms. The molecule has 0 bridgehead atoms. The highest BCUT2D eigenvalue weighted by molar-refractivity contribution is 9.11. The van der Waals surface area contributed by atoms with Gasteiger partial charge in [-0.25, -0.2) is 13.1 Å². The zero-order valence-electron chi connectivity index (χ0n) is 12.6. The van der Waals surface area contributed by atoms with E-state index in [0.717, 1.165) is 14.7 Å². The van der Waals surface area contributed by atoms with Gasteiger partial charge in [0.25, 0.3) is 0 Å². The summed E-state index contributed by atoms with van der Waals surface area (Å²) in [5.74, 6) is 0.707. The Bertz CT molecular complexity index is 936. The first-order valence-electron chi connectivity index (χ1n) is 7.28. The molecule has 0 amide bonds. The van der Waals surface area contributed by atoms with Crippen molar-refractivity contribution in [3.05, 3.63) is 52.4 Å². The SMILES string of the molecule is O=S(=O)(NCCCOc1cccc2cccnc12)c1ccc(Br)s1. The van der Waals surface area contributed by atoms with Gasteiger partial charge in [-0.3, -0.25) is 4.98 Å². The molecule has 3 aromatic rings. The van der Waals surface area contributed by atoms with Crippen LogP contribution in [-0.2, 0) is 10.0 Å². The standard InChI is InChI=1S/C16H15BrN2O3S2/c17-14-7-8-15(23-14)24(20,21)19-10-3-11-22-13-6-1-4-12-5-2-9-18-16(12)13/h1-2,4-9,19H,3,10-11H2. The molecule has 3 rings (SSSR count). The lowest BCUT2D eigenvalue weighted by atomic mass is 10.2. The van der Waals surface area contributed by atoms with Crippen molar-refractivity contribution in [1.82, 2.24) is 9.71 Å². The van der Waals surface area contributed by atoms with Crippen LogP contribution in [0.1, 0.15) is 6.42 Å². The highest BCUT2D eigenvalue weighted by Crippen LogP contribution is 2.26. The minimum Gasteiger partial charge on any atom is -0.491 e. The van der Waals surface area contributed by atoms with E-state index in [0.29, 0.717) is 29.5 Å². The van der Waals surface area contributed by atoms with Gasteiger partial charge in [0.15, 0.2) is 0 Å². The number of hydrogen-bond donors (Lipinski definition) is 1. The maximum atomic E-state index is 12.1. The first-order valence-corrected chi connectivity index (χ1v) is 10.4. The van der Waals surface area contributed by atoms with E-state index in [9.17, 15) is 8.42 Å². The fourth-order valence-electron chi connectivity index (χ4n) is 2.17. The van der Waals surface area contributed by atoms with Gasteiger partial charge < -0.3 is 4.74 Å². The number of rotatable bonds is 7. The summed E-state index contributed by atoms with van der Waals surface area (Å²) in [6, 6.07) is 12.9. The monoisotopic (exact) mass is 426 g/mol. The number of nitrogens with one attached hydrogen (secondary N) is 1. The minimum atomic E-state index is -3.45. The van der Waals surface area contributed by atoms with E-state index in [1.165, 1.54) is 11.3 Å². The molecule has 0 saturated heterocycles. The van der Waals surface area contributed by atoms with Gasteiger partial charge in [0.05, 0.1) is 10.4 Å². The molecule has 0 atom stereocenters. The average molecular weight is 427 g/mol. The second-order valence-corrected chi connectivity index (χ2v) is 9.45. The highest BCUT2D eigenvalue weighted by Gasteiger charge is 2.15. The molecule has 2 aromatic heterocycles. The molecule has 0 fully saturated rings. The van der Waals surface area contributed by atoms with E-state index in [-0.39, 0.29) is 0 Å². The zero-order valence-corrected chi connectivity index (χ0v) is 15.8. The Morgan fingerprint density at radius 2 is 2.00 bits per heavy atom. The lowest BCUT2D eigenvalue weighted by molar-refractivity contribution is 0.314. The normalized spacial score (nSPS) is 11.7. The molecule has 0 spiro atoms. The second kappa shape index (κ2) is 7.60. The first kappa shape index (κ1) is 17.3. The Hall–Kier alpha value is -1.48. The van der Waals surface area contributed by atoms with Crippen LogP contribution >= 0.6 is 27.3 Å². The summed E-state index contributed by atoms with van der Waals surface area (Å²) in [4.78, 5) is 4.32. The van der Waals surface area contributed by atoms with E-state index in [1.54, 1.807) is 18.3 Å². The van der Waals surface area contributed by atoms with Crippen molar-refractivity contribution in [2.75, 3.05) is 13.2 Å². The van der Waals surface area contributed by atoms with Crippen LogP contribution in [0.25, 0.3) is 10.9 Å². The van der Waals surface area contributed by atoms with Crippen LogP contribution in [0.4, 0.5) is 0 Å². The Kier molecular flexibility index (Phi) is 5.50. The molecule has 0 aliphatic rings. The van der Waals surface area contributed by atoms with Gasteiger partial charge in [0, 0.05) is 18.1 Å². The number of fused-ring (bicyclic) bond motifs is 1. The summed E-state index contributed by atoms with van der Waals surface area (Å²) >= 11 is 4.45. The minimum absolute atomic E-state index is 0.300. The molecule has 126 valence electrons. The topological polar surface area (TPSA) is 68.3 Å². The number of ether oxygens (including phenoxy) is 1. The van der Waals surface area contributed by atoms with Gasteiger partial charge in [-0.15, -0.1) is 11.3 Å². The van der Waals surface area contributed by atoms with Crippen LogP contribution in [0, 0.1) is 0 Å². The van der Waals surface area contributed by atoms with Crippen molar-refractivity contribution in [1.29, 1.82) is 0 Å². The molecular weight excluding hydrogens is 412 g/mol. The third-order valence-corrected chi connectivity index (χ3v) is 6.86. The predicted octanol–water partition coefficient (Wildman–Crippen LogP) is 3.81. The molecule has 2 heterocycles. The van der Waals surface area contributed by atoms with E-state index >= 15 is 0 Å². The largest absolute Gasteiger partial charge is 0.491 e. The number of halogens is 1. The van der Waals surface area contributed by atoms with Crippen LogP contribution in [0.5, 0.6) is 5.75 Å². The third kappa shape index (κ3) is 4.13. The number of benzene rings is 1. The van der Waals surface area contributed by atoms with Gasteiger partial charge in [-0.1, -0.05) is 18.2 Å². The van der Waals surface area contributed by atoms with Crippen LogP contribution in [0.15, 0.2) is 56.7 Å². The van der Waals surface area contributed by atoms with Crippen molar-refractivity contribution in [3.63, 3.8) is 0 Å². The molecule has 5 nitrogen and oxygen atoms in total. The summed E-state index contributed by atoms with van der Waals surface area (Å²) in [5, 5.41) is 1.01. The maximum absolute atomic E-state index is 12.1. The van der Waals surface area contributed by atoms with Crippen LogP contribution in [-0.4, -0.2) is 26.6 Å². The van der Waals surface area contributed by atoms with Crippen molar-refractivity contribution in [3.8, 4) is 5.75 Å². The number of nitrogens with zero attached hydrogens (tertiary/aromatic N) is 1. The van der Waals surface area contributed by atoms with Crippen molar-refractivity contribution >= 4 is 48.2 Å². The quantitative estimate of drug-likeness (QED) is 0.583. The number of sulfonamides is 1. The van der Waals surface area contributed by atoms with Crippen LogP contribution in [0.3, 0.4) is 0 Å². The molecule has 0 saturated carbocycles. The molecule has 0 radical (unpaired) electrons. The lowest BCUT2D eigenvalue weighted by Gasteiger charge is -2.09. The summed E-state index contributed by atoms with van der Waals surface area (Å²) in [6.45, 7) is 0.725. The summed E-state index contributed by atoms with van der Waals surface area (Å²) in [5.41, 5.74) is 0.809. The van der Waals surface area contributed by atoms with Crippen molar-refractivity contribution in [2.45, 2.75) is 10.6 Å². The van der Waals surface area contributed by atoms with Crippen LogP contribution < -0.4 is 9.46 Å². The Morgan fingerprint density at radius 3 is 2.79 bits per heavy atom. The zero-order chi connectivity index (χ0) is 17.0. The predicted molar refractivity (Wildman–Crippen MR) is 99.1 cm³/mol. The van der Waals surface area contributed by atoms with Crippen molar-refractivity contribution < 1.29 is 13.2 Å².